The van der Waals surface area contributed by atoms with Crippen LogP contribution in [0.25, 0.3) is 10.9 Å². The first-order chi connectivity index (χ1) is 9.47. The third kappa shape index (κ3) is 3.33. The van der Waals surface area contributed by atoms with Crippen molar-refractivity contribution in [3.05, 3.63) is 35.5 Å². The molecular formula is C16H20N2O2. The van der Waals surface area contributed by atoms with E-state index < -0.39 is 0 Å². The number of Topliss-reactive ketones (excluding diaryl/α,β-unsaturated/α-hetero) is 2. The SMILES string of the molecule is CC(=O)c1cc2cc(C(=O)CCCN(C)C)ccc2[nH]1. The Morgan fingerprint density at radius 1 is 1.20 bits per heavy atom. The highest BCUT2D eigenvalue weighted by Crippen LogP contribution is 2.19. The van der Waals surface area contributed by atoms with Crippen molar-refractivity contribution in [3.8, 4) is 0 Å². The highest BCUT2D eigenvalue weighted by atomic mass is 16.1. The molecule has 0 unspecified atom stereocenters. The number of nitrogens with zero attached hydrogens (tertiary/aromatic N) is 1. The van der Waals surface area contributed by atoms with Gasteiger partial charge in [-0.15, -0.1) is 0 Å². The number of aromatic amines is 1. The number of hydrogen-bond donors (Lipinski definition) is 1. The average Bonchev–Trinajstić information content (AvgIpc) is 2.81. The Labute approximate surface area is 118 Å². The molecule has 0 fully saturated rings. The van der Waals surface area contributed by atoms with E-state index in [0.717, 1.165) is 23.9 Å². The Morgan fingerprint density at radius 3 is 2.60 bits per heavy atom. The molecule has 0 spiro atoms. The summed E-state index contributed by atoms with van der Waals surface area (Å²) < 4.78 is 0. The number of carbonyl (C=O) groups excluding carboxylic acids is 2. The quantitative estimate of drug-likeness (QED) is 0.823. The molecule has 2 aromatic rings. The van der Waals surface area contributed by atoms with Crippen molar-refractivity contribution in [2.75, 3.05) is 20.6 Å². The molecular weight excluding hydrogens is 252 g/mol. The topological polar surface area (TPSA) is 53.2 Å². The summed E-state index contributed by atoms with van der Waals surface area (Å²) in [5.41, 5.74) is 2.18. The second-order valence-corrected chi connectivity index (χ2v) is 5.37. The first kappa shape index (κ1) is 14.5. The van der Waals surface area contributed by atoms with Gasteiger partial charge in [-0.3, -0.25) is 9.59 Å². The fourth-order valence-corrected chi connectivity index (χ4v) is 2.20. The van der Waals surface area contributed by atoms with Crippen LogP contribution in [0.1, 0.15) is 40.6 Å². The van der Waals surface area contributed by atoms with E-state index in [1.165, 1.54) is 6.92 Å². The maximum atomic E-state index is 12.1. The predicted molar refractivity (Wildman–Crippen MR) is 80.4 cm³/mol. The predicted octanol–water partition coefficient (Wildman–Crippen LogP) is 2.90. The molecule has 20 heavy (non-hydrogen) atoms. The maximum Gasteiger partial charge on any atom is 0.175 e. The minimum absolute atomic E-state index is 0.0000551. The van der Waals surface area contributed by atoms with Crippen LogP contribution in [0.5, 0.6) is 0 Å². The summed E-state index contributed by atoms with van der Waals surface area (Å²) in [4.78, 5) is 28.6. The Kier molecular flexibility index (Phi) is 4.35. The minimum Gasteiger partial charge on any atom is -0.352 e. The Hall–Kier alpha value is -1.94. The summed E-state index contributed by atoms with van der Waals surface area (Å²) in [6.07, 6.45) is 1.41. The van der Waals surface area contributed by atoms with E-state index in [0.29, 0.717) is 17.7 Å². The first-order valence-electron chi connectivity index (χ1n) is 6.79. The Morgan fingerprint density at radius 2 is 1.95 bits per heavy atom. The number of fused-ring (bicyclic) bond motifs is 1. The zero-order valence-corrected chi connectivity index (χ0v) is 12.2. The molecule has 0 amide bonds. The largest absolute Gasteiger partial charge is 0.352 e. The molecule has 1 N–H and O–H groups in total. The van der Waals surface area contributed by atoms with E-state index in [2.05, 4.69) is 9.88 Å². The lowest BCUT2D eigenvalue weighted by Crippen LogP contribution is -2.14. The normalized spacial score (nSPS) is 11.2. The van der Waals surface area contributed by atoms with Crippen molar-refractivity contribution in [1.82, 2.24) is 9.88 Å². The highest BCUT2D eigenvalue weighted by Gasteiger charge is 2.09. The molecule has 1 aromatic heterocycles. The summed E-state index contributed by atoms with van der Waals surface area (Å²) in [7, 11) is 4.00. The van der Waals surface area contributed by atoms with Crippen LogP contribution < -0.4 is 0 Å². The molecule has 106 valence electrons. The third-order valence-corrected chi connectivity index (χ3v) is 3.33. The second-order valence-electron chi connectivity index (χ2n) is 5.37. The van der Waals surface area contributed by atoms with E-state index in [1.807, 2.05) is 32.3 Å². The first-order valence-corrected chi connectivity index (χ1v) is 6.79. The molecule has 0 aliphatic rings. The molecule has 0 aliphatic carbocycles. The zero-order chi connectivity index (χ0) is 14.7. The minimum atomic E-state index is 0.0000551. The van der Waals surface area contributed by atoms with Crippen LogP contribution in [-0.2, 0) is 0 Å². The fourth-order valence-electron chi connectivity index (χ4n) is 2.20. The Balaban J connectivity index is 2.14. The van der Waals surface area contributed by atoms with Gasteiger partial charge in [0.25, 0.3) is 0 Å². The zero-order valence-electron chi connectivity index (χ0n) is 12.2. The van der Waals surface area contributed by atoms with Gasteiger partial charge in [-0.1, -0.05) is 0 Å². The van der Waals surface area contributed by atoms with Gasteiger partial charge in [-0.2, -0.15) is 0 Å². The average molecular weight is 272 g/mol. The number of ketones is 2. The summed E-state index contributed by atoms with van der Waals surface area (Å²) in [6, 6.07) is 7.34. The van der Waals surface area contributed by atoms with Crippen LogP contribution in [-0.4, -0.2) is 42.1 Å². The van der Waals surface area contributed by atoms with Gasteiger partial charge in [-0.05, 0) is 51.3 Å². The number of carbonyl (C=O) groups is 2. The molecule has 0 saturated carbocycles. The molecule has 4 heteroatoms. The fraction of sp³-hybridized carbons (Fsp3) is 0.375. The molecule has 0 bridgehead atoms. The van der Waals surface area contributed by atoms with Crippen molar-refractivity contribution in [3.63, 3.8) is 0 Å². The van der Waals surface area contributed by atoms with Crippen LogP contribution in [0.3, 0.4) is 0 Å². The van der Waals surface area contributed by atoms with Gasteiger partial charge in [0.1, 0.15) is 0 Å². The Bertz CT molecular complexity index is 641. The standard InChI is InChI=1S/C16H20N2O2/c1-11(19)15-10-13-9-12(6-7-14(13)17-15)16(20)5-4-8-18(2)3/h6-7,9-10,17H,4-5,8H2,1-3H3. The monoisotopic (exact) mass is 272 g/mol. The van der Waals surface area contributed by atoms with Crippen LogP contribution in [0, 0.1) is 0 Å². The number of nitrogens with one attached hydrogen (secondary N) is 1. The van der Waals surface area contributed by atoms with Gasteiger partial charge in [-0.25, -0.2) is 0 Å². The molecule has 0 aliphatic heterocycles. The lowest BCUT2D eigenvalue weighted by atomic mass is 10.0. The van der Waals surface area contributed by atoms with E-state index in [-0.39, 0.29) is 11.6 Å². The third-order valence-electron chi connectivity index (χ3n) is 3.33. The van der Waals surface area contributed by atoms with Gasteiger partial charge in [0, 0.05) is 29.8 Å². The van der Waals surface area contributed by atoms with Crippen molar-refractivity contribution in [1.29, 1.82) is 0 Å². The van der Waals surface area contributed by atoms with Crippen molar-refractivity contribution < 1.29 is 9.59 Å². The van der Waals surface area contributed by atoms with Gasteiger partial charge < -0.3 is 9.88 Å². The molecule has 1 heterocycles. The van der Waals surface area contributed by atoms with E-state index in [9.17, 15) is 9.59 Å². The number of H-pyrrole nitrogens is 1. The van der Waals surface area contributed by atoms with Gasteiger partial charge in [0.2, 0.25) is 0 Å². The van der Waals surface area contributed by atoms with Crippen molar-refractivity contribution in [2.45, 2.75) is 19.8 Å². The lowest BCUT2D eigenvalue weighted by molar-refractivity contribution is 0.0975. The molecule has 0 saturated heterocycles. The number of aromatic nitrogens is 1. The van der Waals surface area contributed by atoms with E-state index >= 15 is 0 Å². The number of benzene rings is 1. The molecule has 0 atom stereocenters. The highest BCUT2D eigenvalue weighted by molar-refractivity contribution is 6.02. The smallest absolute Gasteiger partial charge is 0.175 e. The summed E-state index contributed by atoms with van der Waals surface area (Å²) >= 11 is 0. The maximum absolute atomic E-state index is 12.1. The van der Waals surface area contributed by atoms with Crippen LogP contribution in [0.2, 0.25) is 0 Å². The summed E-state index contributed by atoms with van der Waals surface area (Å²) in [5.74, 6) is 0.152. The van der Waals surface area contributed by atoms with Gasteiger partial charge >= 0.3 is 0 Å². The van der Waals surface area contributed by atoms with E-state index in [1.54, 1.807) is 6.07 Å². The molecule has 1 aromatic carbocycles. The number of rotatable bonds is 6. The van der Waals surface area contributed by atoms with Gasteiger partial charge in [0.05, 0.1) is 5.69 Å². The van der Waals surface area contributed by atoms with Crippen LogP contribution in [0.4, 0.5) is 0 Å². The molecule has 4 nitrogen and oxygen atoms in total. The van der Waals surface area contributed by atoms with Crippen molar-refractivity contribution >= 4 is 22.5 Å². The summed E-state index contributed by atoms with van der Waals surface area (Å²) in [5, 5.41) is 0.911. The number of hydrogen-bond acceptors (Lipinski definition) is 3. The van der Waals surface area contributed by atoms with Gasteiger partial charge in [0.15, 0.2) is 11.6 Å². The lowest BCUT2D eigenvalue weighted by Gasteiger charge is -2.08. The van der Waals surface area contributed by atoms with E-state index in [4.69, 9.17) is 0 Å². The van der Waals surface area contributed by atoms with Crippen molar-refractivity contribution in [2.24, 2.45) is 0 Å². The van der Waals surface area contributed by atoms with Crippen LogP contribution in [0.15, 0.2) is 24.3 Å². The molecule has 2 rings (SSSR count). The molecule has 0 radical (unpaired) electrons. The van der Waals surface area contributed by atoms with Crippen LogP contribution >= 0.6 is 0 Å². The summed E-state index contributed by atoms with van der Waals surface area (Å²) in [6.45, 7) is 2.44. The second kappa shape index (κ2) is 6.01.